The molecule has 1 atom stereocenters. The van der Waals surface area contributed by atoms with E-state index in [0.29, 0.717) is 5.78 Å². The van der Waals surface area contributed by atoms with Crippen molar-refractivity contribution < 1.29 is 4.79 Å². The summed E-state index contributed by atoms with van der Waals surface area (Å²) < 4.78 is 0. The van der Waals surface area contributed by atoms with E-state index in [9.17, 15) is 4.79 Å². The first-order chi connectivity index (χ1) is 4.02. The molecule has 0 aromatic heterocycles. The molecule has 1 N–H and O–H groups in total. The van der Waals surface area contributed by atoms with E-state index in [0.717, 1.165) is 6.54 Å². The van der Waals surface area contributed by atoms with Crippen molar-refractivity contribution in [1.82, 2.24) is 5.32 Å². The zero-order valence-electron chi connectivity index (χ0n) is 6.19. The molecule has 0 bridgehead atoms. The van der Waals surface area contributed by atoms with Crippen molar-refractivity contribution in [1.29, 1.82) is 0 Å². The first-order valence-corrected chi connectivity index (χ1v) is 3.29. The van der Waals surface area contributed by atoms with Crippen LogP contribution in [0.5, 0.6) is 0 Å². The van der Waals surface area contributed by atoms with Gasteiger partial charge in [0.1, 0.15) is 0 Å². The van der Waals surface area contributed by atoms with Crippen LogP contribution in [0, 0.1) is 5.41 Å². The molecule has 1 aliphatic heterocycles. The normalized spacial score (nSPS) is 25.9. The minimum absolute atomic E-state index is 0.159. The summed E-state index contributed by atoms with van der Waals surface area (Å²) in [7, 11) is 0. The van der Waals surface area contributed by atoms with Crippen LogP contribution in [0.2, 0.25) is 0 Å². The number of rotatable bonds is 1. The van der Waals surface area contributed by atoms with E-state index in [1.54, 1.807) is 0 Å². The Kier molecular flexibility index (Phi) is 1.35. The van der Waals surface area contributed by atoms with Gasteiger partial charge < -0.3 is 5.32 Å². The molecule has 9 heavy (non-hydrogen) atoms. The smallest absolute Gasteiger partial charge is 0.156 e. The maximum Gasteiger partial charge on any atom is 0.156 e. The van der Waals surface area contributed by atoms with Gasteiger partial charge >= 0.3 is 0 Å². The minimum atomic E-state index is -0.159. The van der Waals surface area contributed by atoms with Crippen LogP contribution >= 0.6 is 0 Å². The third kappa shape index (κ3) is 1.52. The van der Waals surface area contributed by atoms with Crippen LogP contribution in [0.25, 0.3) is 0 Å². The molecular weight excluding hydrogens is 114 g/mol. The second-order valence-corrected chi connectivity index (χ2v) is 3.58. The Bertz CT molecular complexity index is 130. The molecule has 0 aliphatic carbocycles. The van der Waals surface area contributed by atoms with Crippen molar-refractivity contribution in [2.45, 2.75) is 26.8 Å². The molecule has 1 rings (SSSR count). The van der Waals surface area contributed by atoms with Gasteiger partial charge in [-0.1, -0.05) is 20.8 Å². The largest absolute Gasteiger partial charge is 0.304 e. The Morgan fingerprint density at radius 2 is 2.00 bits per heavy atom. The molecule has 0 aromatic carbocycles. The van der Waals surface area contributed by atoms with E-state index in [2.05, 4.69) is 5.32 Å². The molecular formula is C7H13NO. The van der Waals surface area contributed by atoms with Crippen molar-refractivity contribution >= 4 is 5.78 Å². The quantitative estimate of drug-likeness (QED) is 0.523. The van der Waals surface area contributed by atoms with E-state index >= 15 is 0 Å². The van der Waals surface area contributed by atoms with Crippen LogP contribution < -0.4 is 5.32 Å². The lowest BCUT2D eigenvalue weighted by molar-refractivity contribution is -0.125. The maximum atomic E-state index is 11.2. The van der Waals surface area contributed by atoms with Gasteiger partial charge in [-0.15, -0.1) is 0 Å². The zero-order chi connectivity index (χ0) is 7.07. The molecule has 0 spiro atoms. The molecule has 1 saturated heterocycles. The number of hydrogen-bond acceptors (Lipinski definition) is 2. The second-order valence-electron chi connectivity index (χ2n) is 3.58. The van der Waals surface area contributed by atoms with Crippen LogP contribution in [-0.4, -0.2) is 18.4 Å². The molecule has 0 saturated carbocycles. The number of nitrogens with one attached hydrogen (secondary N) is 1. The van der Waals surface area contributed by atoms with Gasteiger partial charge in [0, 0.05) is 12.0 Å². The highest BCUT2D eigenvalue weighted by atomic mass is 16.1. The number of Topliss-reactive ketones (excluding diaryl/α,β-unsaturated/α-hetero) is 1. The van der Waals surface area contributed by atoms with Gasteiger partial charge in [-0.05, 0) is 0 Å². The molecule has 52 valence electrons. The van der Waals surface area contributed by atoms with E-state index in [1.807, 2.05) is 20.8 Å². The van der Waals surface area contributed by atoms with Gasteiger partial charge in [0.15, 0.2) is 5.78 Å². The highest BCUT2D eigenvalue weighted by Gasteiger charge is 2.35. The van der Waals surface area contributed by atoms with Crippen LogP contribution in [0.1, 0.15) is 20.8 Å². The molecule has 0 amide bonds. The fourth-order valence-corrected chi connectivity index (χ4v) is 0.767. The van der Waals surface area contributed by atoms with Gasteiger partial charge in [0.25, 0.3) is 0 Å². The molecule has 0 radical (unpaired) electrons. The Morgan fingerprint density at radius 3 is 2.11 bits per heavy atom. The lowest BCUT2D eigenvalue weighted by atomic mass is 9.89. The lowest BCUT2D eigenvalue weighted by Crippen LogP contribution is -2.26. The van der Waals surface area contributed by atoms with E-state index in [-0.39, 0.29) is 11.5 Å². The predicted molar refractivity (Wildman–Crippen MR) is 36.3 cm³/mol. The number of hydrogen-bond donors (Lipinski definition) is 1. The molecule has 1 heterocycles. The Morgan fingerprint density at radius 1 is 1.56 bits per heavy atom. The highest BCUT2D eigenvalue weighted by molar-refractivity contribution is 5.91. The topological polar surface area (TPSA) is 39.0 Å². The number of carbonyl (C=O) groups is 1. The highest BCUT2D eigenvalue weighted by Crippen LogP contribution is 2.19. The second kappa shape index (κ2) is 1.81. The van der Waals surface area contributed by atoms with Crippen molar-refractivity contribution in [3.05, 3.63) is 0 Å². The molecule has 0 aromatic rings. The van der Waals surface area contributed by atoms with Crippen molar-refractivity contribution in [2.75, 3.05) is 6.54 Å². The van der Waals surface area contributed by atoms with E-state index in [4.69, 9.17) is 0 Å². The monoisotopic (exact) mass is 127 g/mol. The molecule has 2 heteroatoms. The number of carbonyl (C=O) groups excluding carboxylic acids is 1. The summed E-state index contributed by atoms with van der Waals surface area (Å²) in [4.78, 5) is 11.2. The average molecular weight is 127 g/mol. The third-order valence-corrected chi connectivity index (χ3v) is 1.46. The first-order valence-electron chi connectivity index (χ1n) is 3.29. The summed E-state index contributed by atoms with van der Waals surface area (Å²) >= 11 is 0. The summed E-state index contributed by atoms with van der Waals surface area (Å²) in [5.41, 5.74) is -0.159. The first kappa shape index (κ1) is 6.75. The molecule has 1 fully saturated rings. The SMILES string of the molecule is CC(C)(C)C(=O)[C@@H]1CN1. The van der Waals surface area contributed by atoms with Gasteiger partial charge in [-0.3, -0.25) is 4.79 Å². The summed E-state index contributed by atoms with van der Waals surface area (Å²) in [6, 6.07) is 0.171. The minimum Gasteiger partial charge on any atom is -0.304 e. The summed E-state index contributed by atoms with van der Waals surface area (Å²) in [5.74, 6) is 0.336. The van der Waals surface area contributed by atoms with Gasteiger partial charge in [-0.25, -0.2) is 0 Å². The predicted octanol–water partition coefficient (Wildman–Crippen LogP) is 0.573. The van der Waals surface area contributed by atoms with Gasteiger partial charge in [-0.2, -0.15) is 0 Å². The summed E-state index contributed by atoms with van der Waals surface area (Å²) in [5, 5.41) is 2.99. The zero-order valence-corrected chi connectivity index (χ0v) is 6.19. The Labute approximate surface area is 55.6 Å². The van der Waals surface area contributed by atoms with E-state index < -0.39 is 0 Å². The fraction of sp³-hybridized carbons (Fsp3) is 0.857. The molecule has 1 aliphatic rings. The average Bonchev–Trinajstić information content (AvgIpc) is 2.40. The van der Waals surface area contributed by atoms with Gasteiger partial charge in [0.05, 0.1) is 6.04 Å². The van der Waals surface area contributed by atoms with Crippen LogP contribution in [0.4, 0.5) is 0 Å². The standard InChI is InChI=1S/C7H13NO/c1-7(2,3)6(9)5-4-8-5/h5,8H,4H2,1-3H3/t5-/m0/s1. The van der Waals surface area contributed by atoms with Crippen molar-refractivity contribution in [3.63, 3.8) is 0 Å². The number of ketones is 1. The van der Waals surface area contributed by atoms with Crippen LogP contribution in [0.15, 0.2) is 0 Å². The molecule has 0 unspecified atom stereocenters. The fourth-order valence-electron chi connectivity index (χ4n) is 0.767. The third-order valence-electron chi connectivity index (χ3n) is 1.46. The molecule has 2 nitrogen and oxygen atoms in total. The lowest BCUT2D eigenvalue weighted by Gasteiger charge is -2.14. The van der Waals surface area contributed by atoms with Crippen LogP contribution in [-0.2, 0) is 4.79 Å². The summed E-state index contributed by atoms with van der Waals surface area (Å²) in [6.07, 6.45) is 0. The van der Waals surface area contributed by atoms with Crippen molar-refractivity contribution in [3.8, 4) is 0 Å². The Balaban J connectivity index is 2.50. The van der Waals surface area contributed by atoms with E-state index in [1.165, 1.54) is 0 Å². The summed E-state index contributed by atoms with van der Waals surface area (Å²) in [6.45, 7) is 6.75. The van der Waals surface area contributed by atoms with Gasteiger partial charge in [0.2, 0.25) is 0 Å². The van der Waals surface area contributed by atoms with Crippen LogP contribution in [0.3, 0.4) is 0 Å². The maximum absolute atomic E-state index is 11.2. The Hall–Kier alpha value is -0.370. The van der Waals surface area contributed by atoms with Crippen molar-refractivity contribution in [2.24, 2.45) is 5.41 Å².